The number of nitrogens with zero attached hydrogens (tertiary/aromatic N) is 4. The highest BCUT2D eigenvalue weighted by Gasteiger charge is 2.20. The van der Waals surface area contributed by atoms with Crippen molar-refractivity contribution in [1.82, 2.24) is 19.9 Å². The lowest BCUT2D eigenvalue weighted by Gasteiger charge is -2.18. The molecule has 0 bridgehead atoms. The molecule has 2 aromatic rings. The third kappa shape index (κ3) is 3.50. The Morgan fingerprint density at radius 2 is 1.77 bits per heavy atom. The van der Waals surface area contributed by atoms with Gasteiger partial charge in [-0.15, -0.1) is 5.10 Å². The number of hydrogen-bond donors (Lipinski definition) is 0. The number of carbonyl (C=O) groups excluding carboxylic acids is 1. The van der Waals surface area contributed by atoms with Crippen molar-refractivity contribution < 1.29 is 9.18 Å². The average Bonchev–Trinajstić information content (AvgIpc) is 2.82. The molecule has 1 aliphatic heterocycles. The molecule has 22 heavy (non-hydrogen) atoms. The molecule has 3 rings (SSSR count). The number of aromatic nitrogens is 3. The number of carbonyl (C=O) groups is 1. The summed E-state index contributed by atoms with van der Waals surface area (Å²) in [5.41, 5.74) is 1.30. The van der Waals surface area contributed by atoms with E-state index in [4.69, 9.17) is 0 Å². The quantitative estimate of drug-likeness (QED) is 0.875. The van der Waals surface area contributed by atoms with E-state index in [9.17, 15) is 9.18 Å². The third-order valence-corrected chi connectivity index (χ3v) is 3.91. The maximum absolute atomic E-state index is 12.9. The van der Waals surface area contributed by atoms with Gasteiger partial charge in [-0.05, 0) is 30.5 Å². The molecule has 0 unspecified atom stereocenters. The zero-order valence-corrected chi connectivity index (χ0v) is 12.4. The van der Waals surface area contributed by atoms with Gasteiger partial charge in [0.05, 0.1) is 12.7 Å². The van der Waals surface area contributed by atoms with Crippen molar-refractivity contribution in [3.05, 3.63) is 47.5 Å². The number of halogens is 1. The lowest BCUT2D eigenvalue weighted by molar-refractivity contribution is 0.0755. The van der Waals surface area contributed by atoms with Gasteiger partial charge in [-0.3, -0.25) is 4.79 Å². The SMILES string of the molecule is O=C(c1cn(Cc2ccc(F)cc2)nn1)N1CCCCCC1. The lowest BCUT2D eigenvalue weighted by Crippen LogP contribution is -2.32. The molecule has 6 heteroatoms. The van der Waals surface area contributed by atoms with Crippen LogP contribution in [0.3, 0.4) is 0 Å². The fourth-order valence-electron chi connectivity index (χ4n) is 2.69. The first kappa shape index (κ1) is 14.7. The van der Waals surface area contributed by atoms with Crippen molar-refractivity contribution in [1.29, 1.82) is 0 Å². The molecular formula is C16H19FN4O. The second-order valence-corrected chi connectivity index (χ2v) is 5.63. The molecule has 1 saturated heterocycles. The smallest absolute Gasteiger partial charge is 0.276 e. The molecule has 0 saturated carbocycles. The Morgan fingerprint density at radius 3 is 2.45 bits per heavy atom. The molecule has 116 valence electrons. The second kappa shape index (κ2) is 6.68. The summed E-state index contributed by atoms with van der Waals surface area (Å²) in [6, 6.07) is 6.23. The normalized spacial score (nSPS) is 15.6. The van der Waals surface area contributed by atoms with Gasteiger partial charge in [-0.25, -0.2) is 9.07 Å². The number of hydrogen-bond acceptors (Lipinski definition) is 3. The first-order valence-corrected chi connectivity index (χ1v) is 7.66. The van der Waals surface area contributed by atoms with E-state index in [1.165, 1.54) is 25.0 Å². The second-order valence-electron chi connectivity index (χ2n) is 5.63. The minimum Gasteiger partial charge on any atom is -0.337 e. The van der Waals surface area contributed by atoms with Crippen LogP contribution in [0.25, 0.3) is 0 Å². The van der Waals surface area contributed by atoms with E-state index >= 15 is 0 Å². The number of amides is 1. The van der Waals surface area contributed by atoms with Crippen LogP contribution in [0.2, 0.25) is 0 Å². The summed E-state index contributed by atoms with van der Waals surface area (Å²) in [6.45, 7) is 2.06. The molecule has 0 radical (unpaired) electrons. The Hall–Kier alpha value is -2.24. The molecule has 1 aromatic heterocycles. The number of rotatable bonds is 3. The van der Waals surface area contributed by atoms with Gasteiger partial charge in [0, 0.05) is 13.1 Å². The van der Waals surface area contributed by atoms with E-state index in [2.05, 4.69) is 10.3 Å². The van der Waals surface area contributed by atoms with Crippen LogP contribution in [0, 0.1) is 5.82 Å². The highest BCUT2D eigenvalue weighted by atomic mass is 19.1. The Morgan fingerprint density at radius 1 is 1.09 bits per heavy atom. The fourth-order valence-corrected chi connectivity index (χ4v) is 2.69. The van der Waals surface area contributed by atoms with E-state index in [0.717, 1.165) is 31.5 Å². The van der Waals surface area contributed by atoms with E-state index in [1.54, 1.807) is 23.0 Å². The van der Waals surface area contributed by atoms with Gasteiger partial charge in [0.1, 0.15) is 5.82 Å². The summed E-state index contributed by atoms with van der Waals surface area (Å²) in [7, 11) is 0. The van der Waals surface area contributed by atoms with E-state index in [-0.39, 0.29) is 11.7 Å². The van der Waals surface area contributed by atoms with Crippen molar-refractivity contribution in [2.75, 3.05) is 13.1 Å². The van der Waals surface area contributed by atoms with Crippen LogP contribution in [-0.2, 0) is 6.54 Å². The predicted octanol–water partition coefficient (Wildman–Crippen LogP) is 2.48. The summed E-state index contributed by atoms with van der Waals surface area (Å²) in [5.74, 6) is -0.313. The highest BCUT2D eigenvalue weighted by molar-refractivity contribution is 5.91. The summed E-state index contributed by atoms with van der Waals surface area (Å²) in [5, 5.41) is 7.98. The largest absolute Gasteiger partial charge is 0.337 e. The van der Waals surface area contributed by atoms with Crippen LogP contribution < -0.4 is 0 Å². The van der Waals surface area contributed by atoms with Gasteiger partial charge < -0.3 is 4.90 Å². The van der Waals surface area contributed by atoms with Crippen molar-refractivity contribution >= 4 is 5.91 Å². The Bertz CT molecular complexity index is 630. The van der Waals surface area contributed by atoms with Crippen LogP contribution in [0.5, 0.6) is 0 Å². The topological polar surface area (TPSA) is 51.0 Å². The molecule has 1 aromatic carbocycles. The number of benzene rings is 1. The summed E-state index contributed by atoms with van der Waals surface area (Å²) < 4.78 is 14.5. The molecule has 0 aliphatic carbocycles. The van der Waals surface area contributed by atoms with Gasteiger partial charge in [-0.1, -0.05) is 30.2 Å². The van der Waals surface area contributed by atoms with Gasteiger partial charge in [-0.2, -0.15) is 0 Å². The summed E-state index contributed by atoms with van der Waals surface area (Å²) in [6.07, 6.45) is 6.13. The maximum Gasteiger partial charge on any atom is 0.276 e. The Kier molecular flexibility index (Phi) is 4.46. The molecule has 1 amide bonds. The van der Waals surface area contributed by atoms with E-state index in [1.807, 2.05) is 4.90 Å². The molecule has 1 aliphatic rings. The molecule has 1 fully saturated rings. The minimum atomic E-state index is -0.264. The third-order valence-electron chi connectivity index (χ3n) is 3.91. The molecule has 0 N–H and O–H groups in total. The lowest BCUT2D eigenvalue weighted by atomic mass is 10.2. The molecule has 0 atom stereocenters. The van der Waals surface area contributed by atoms with Crippen LogP contribution >= 0.6 is 0 Å². The van der Waals surface area contributed by atoms with Gasteiger partial charge in [0.25, 0.3) is 5.91 Å². The monoisotopic (exact) mass is 302 g/mol. The first-order chi connectivity index (χ1) is 10.7. The van der Waals surface area contributed by atoms with Gasteiger partial charge >= 0.3 is 0 Å². The number of likely N-dealkylation sites (tertiary alicyclic amines) is 1. The summed E-state index contributed by atoms with van der Waals surface area (Å²) in [4.78, 5) is 14.3. The van der Waals surface area contributed by atoms with Crippen LogP contribution in [0.1, 0.15) is 41.7 Å². The summed E-state index contributed by atoms with van der Waals surface area (Å²) >= 11 is 0. The van der Waals surface area contributed by atoms with Crippen molar-refractivity contribution in [3.8, 4) is 0 Å². The standard InChI is InChI=1S/C16H19FN4O/c17-14-7-5-13(6-8-14)11-21-12-15(18-19-21)16(22)20-9-3-1-2-4-10-20/h5-8,12H,1-4,9-11H2. The average molecular weight is 302 g/mol. The Labute approximate surface area is 128 Å². The zero-order chi connectivity index (χ0) is 15.4. The Balaban J connectivity index is 1.67. The molecule has 5 nitrogen and oxygen atoms in total. The van der Waals surface area contributed by atoms with Crippen molar-refractivity contribution in [3.63, 3.8) is 0 Å². The van der Waals surface area contributed by atoms with Crippen molar-refractivity contribution in [2.45, 2.75) is 32.2 Å². The van der Waals surface area contributed by atoms with Gasteiger partial charge in [0.2, 0.25) is 0 Å². The van der Waals surface area contributed by atoms with E-state index < -0.39 is 0 Å². The van der Waals surface area contributed by atoms with E-state index in [0.29, 0.717) is 12.2 Å². The highest BCUT2D eigenvalue weighted by Crippen LogP contribution is 2.12. The van der Waals surface area contributed by atoms with Crippen molar-refractivity contribution in [2.24, 2.45) is 0 Å². The fraction of sp³-hybridized carbons (Fsp3) is 0.438. The molecule has 0 spiro atoms. The predicted molar refractivity (Wildman–Crippen MR) is 79.9 cm³/mol. The van der Waals surface area contributed by atoms with Gasteiger partial charge in [0.15, 0.2) is 5.69 Å². The first-order valence-electron chi connectivity index (χ1n) is 7.66. The zero-order valence-electron chi connectivity index (χ0n) is 12.4. The molecule has 2 heterocycles. The van der Waals surface area contributed by atoms with Crippen LogP contribution in [-0.4, -0.2) is 38.9 Å². The molecular weight excluding hydrogens is 283 g/mol. The minimum absolute atomic E-state index is 0.0488. The van der Waals surface area contributed by atoms with Crippen LogP contribution in [0.15, 0.2) is 30.5 Å². The van der Waals surface area contributed by atoms with Crippen LogP contribution in [0.4, 0.5) is 4.39 Å². The maximum atomic E-state index is 12.9.